The summed E-state index contributed by atoms with van der Waals surface area (Å²) in [5.74, 6) is 2.05. The Kier molecular flexibility index (Phi) is 4.42. The average molecular weight is 400 g/mol. The Morgan fingerprint density at radius 3 is 2.48 bits per heavy atom. The first-order valence-corrected chi connectivity index (χ1v) is 9.48. The van der Waals surface area contributed by atoms with Crippen molar-refractivity contribution in [2.75, 3.05) is 0 Å². The second-order valence-electron chi connectivity index (χ2n) is 6.53. The van der Waals surface area contributed by atoms with E-state index in [1.807, 2.05) is 72.8 Å². The number of hydrogen-bond acceptors (Lipinski definition) is 5. The summed E-state index contributed by atoms with van der Waals surface area (Å²) < 4.78 is 11.2. The van der Waals surface area contributed by atoms with Gasteiger partial charge in [0.25, 0.3) is 4.84 Å². The number of rotatable bonds is 5. The minimum Gasteiger partial charge on any atom is -0.489 e. The number of fused-ring (bicyclic) bond motifs is 1. The van der Waals surface area contributed by atoms with Crippen LogP contribution in [0.25, 0.3) is 33.9 Å². The Bertz CT molecular complexity index is 1320. The van der Waals surface area contributed by atoms with Crippen molar-refractivity contribution in [2.24, 2.45) is 0 Å². The molecule has 0 fully saturated rings. The number of aromatic nitrogens is 4. The van der Waals surface area contributed by atoms with Gasteiger partial charge in [-0.25, -0.2) is 10.1 Å². The second-order valence-corrected chi connectivity index (χ2v) is 6.91. The lowest BCUT2D eigenvalue weighted by Crippen LogP contribution is -1.94. The summed E-state index contributed by atoms with van der Waals surface area (Å²) in [5, 5.41) is 6.70. The van der Waals surface area contributed by atoms with E-state index in [0.29, 0.717) is 12.5 Å². The lowest BCUT2D eigenvalue weighted by molar-refractivity contribution is 0.306. The molecule has 0 amide bonds. The van der Waals surface area contributed by atoms with Gasteiger partial charge in [-0.1, -0.05) is 30.3 Å². The molecule has 3 aromatic carbocycles. The maximum Gasteiger partial charge on any atom is 0.284 e. The van der Waals surface area contributed by atoms with Crippen molar-refractivity contribution < 1.29 is 9.15 Å². The normalized spacial score (nSPS) is 11.0. The van der Waals surface area contributed by atoms with Gasteiger partial charge in [0, 0.05) is 11.1 Å². The van der Waals surface area contributed by atoms with Gasteiger partial charge >= 0.3 is 0 Å². The zero-order chi connectivity index (χ0) is 19.6. The lowest BCUT2D eigenvalue weighted by Gasteiger charge is -2.06. The van der Waals surface area contributed by atoms with E-state index in [4.69, 9.17) is 21.4 Å². The number of imidazole rings is 1. The molecule has 6 nitrogen and oxygen atoms in total. The number of hydrogen-bond donors (Lipinski definition) is 2. The van der Waals surface area contributed by atoms with Crippen LogP contribution in [0.1, 0.15) is 5.56 Å². The first-order valence-electron chi connectivity index (χ1n) is 9.07. The Hall–Kier alpha value is -3.71. The van der Waals surface area contributed by atoms with Crippen LogP contribution in [-0.2, 0) is 6.61 Å². The molecule has 0 aliphatic carbocycles. The summed E-state index contributed by atoms with van der Waals surface area (Å²) in [7, 11) is 0. The summed E-state index contributed by atoms with van der Waals surface area (Å²) in [4.78, 5) is 8.27. The third-order valence-electron chi connectivity index (χ3n) is 4.54. The molecular formula is C22H16N4O2S. The summed E-state index contributed by atoms with van der Waals surface area (Å²) >= 11 is 4.94. The van der Waals surface area contributed by atoms with E-state index in [9.17, 15) is 0 Å². The third-order valence-corrected chi connectivity index (χ3v) is 4.72. The summed E-state index contributed by atoms with van der Waals surface area (Å²) in [6.07, 6.45) is 0. The fraction of sp³-hybridized carbons (Fsp3) is 0.0455. The van der Waals surface area contributed by atoms with E-state index in [-0.39, 0.29) is 4.84 Å². The van der Waals surface area contributed by atoms with E-state index in [1.165, 1.54) is 0 Å². The van der Waals surface area contributed by atoms with Gasteiger partial charge in [0.2, 0.25) is 5.89 Å². The summed E-state index contributed by atoms with van der Waals surface area (Å²) in [5.41, 5.74) is 4.70. The van der Waals surface area contributed by atoms with Crippen LogP contribution in [0.5, 0.6) is 5.75 Å². The topological polar surface area (TPSA) is 79.7 Å². The molecule has 29 heavy (non-hydrogen) atoms. The van der Waals surface area contributed by atoms with Crippen molar-refractivity contribution in [1.29, 1.82) is 0 Å². The monoisotopic (exact) mass is 400 g/mol. The molecule has 0 radical (unpaired) electrons. The molecule has 0 saturated carbocycles. The zero-order valence-electron chi connectivity index (χ0n) is 15.3. The number of H-pyrrole nitrogens is 2. The molecule has 2 heterocycles. The van der Waals surface area contributed by atoms with Crippen LogP contribution in [0.15, 0.2) is 77.2 Å². The van der Waals surface area contributed by atoms with Crippen molar-refractivity contribution in [3.63, 3.8) is 0 Å². The van der Waals surface area contributed by atoms with Crippen LogP contribution in [-0.4, -0.2) is 20.2 Å². The molecule has 142 valence electrons. The largest absolute Gasteiger partial charge is 0.489 e. The Morgan fingerprint density at radius 1 is 0.931 bits per heavy atom. The van der Waals surface area contributed by atoms with Crippen molar-refractivity contribution in [1.82, 2.24) is 20.2 Å². The second kappa shape index (κ2) is 7.37. The Labute approximate surface area is 171 Å². The number of aromatic amines is 2. The van der Waals surface area contributed by atoms with E-state index in [1.54, 1.807) is 0 Å². The van der Waals surface area contributed by atoms with Crippen molar-refractivity contribution in [2.45, 2.75) is 6.61 Å². The molecule has 5 rings (SSSR count). The lowest BCUT2D eigenvalue weighted by atomic mass is 10.2. The highest BCUT2D eigenvalue weighted by molar-refractivity contribution is 7.71. The van der Waals surface area contributed by atoms with Crippen molar-refractivity contribution >= 4 is 23.3 Å². The van der Waals surface area contributed by atoms with Crippen LogP contribution < -0.4 is 4.74 Å². The Balaban J connectivity index is 1.36. The van der Waals surface area contributed by atoms with Gasteiger partial charge < -0.3 is 14.1 Å². The number of nitrogens with zero attached hydrogens (tertiary/aromatic N) is 2. The fourth-order valence-corrected chi connectivity index (χ4v) is 3.21. The van der Waals surface area contributed by atoms with Crippen LogP contribution >= 0.6 is 12.2 Å². The molecule has 0 saturated heterocycles. The molecule has 2 N–H and O–H groups in total. The van der Waals surface area contributed by atoms with Gasteiger partial charge in [-0.05, 0) is 60.2 Å². The van der Waals surface area contributed by atoms with E-state index in [0.717, 1.165) is 39.3 Å². The highest BCUT2D eigenvalue weighted by atomic mass is 32.1. The smallest absolute Gasteiger partial charge is 0.284 e. The van der Waals surface area contributed by atoms with Crippen LogP contribution in [0, 0.1) is 4.84 Å². The maximum atomic E-state index is 5.85. The first kappa shape index (κ1) is 17.4. The van der Waals surface area contributed by atoms with Crippen LogP contribution in [0.3, 0.4) is 0 Å². The quantitative estimate of drug-likeness (QED) is 0.380. The van der Waals surface area contributed by atoms with E-state index in [2.05, 4.69) is 20.2 Å². The first-order chi connectivity index (χ1) is 14.2. The SMILES string of the molecule is S=c1[nH]nc(-c2ccc3nc(-c4ccc(OCc5ccccc5)cc4)[nH]c3c2)o1. The average Bonchev–Trinajstić information content (AvgIpc) is 3.39. The summed E-state index contributed by atoms with van der Waals surface area (Å²) in [6, 6.07) is 23.7. The van der Waals surface area contributed by atoms with E-state index < -0.39 is 0 Å². The fourth-order valence-electron chi connectivity index (χ4n) is 3.08. The molecular weight excluding hydrogens is 384 g/mol. The molecule has 5 aromatic rings. The third kappa shape index (κ3) is 3.68. The highest BCUT2D eigenvalue weighted by Gasteiger charge is 2.10. The predicted octanol–water partition coefficient (Wildman–Crippen LogP) is 5.52. The zero-order valence-corrected chi connectivity index (χ0v) is 16.1. The molecule has 0 bridgehead atoms. The highest BCUT2D eigenvalue weighted by Crippen LogP contribution is 2.26. The molecule has 7 heteroatoms. The van der Waals surface area contributed by atoms with Crippen LogP contribution in [0.4, 0.5) is 0 Å². The molecule has 0 aliphatic heterocycles. The summed E-state index contributed by atoms with van der Waals surface area (Å²) in [6.45, 7) is 0.540. The Morgan fingerprint density at radius 2 is 1.72 bits per heavy atom. The molecule has 0 aliphatic rings. The molecule has 0 unspecified atom stereocenters. The maximum absolute atomic E-state index is 5.85. The van der Waals surface area contributed by atoms with Gasteiger partial charge in [-0.2, -0.15) is 0 Å². The van der Waals surface area contributed by atoms with Gasteiger partial charge in [0.1, 0.15) is 18.2 Å². The minimum absolute atomic E-state index is 0.250. The van der Waals surface area contributed by atoms with Crippen molar-refractivity contribution in [3.05, 3.63) is 83.2 Å². The number of benzene rings is 3. The number of nitrogens with one attached hydrogen (secondary N) is 2. The van der Waals surface area contributed by atoms with Crippen LogP contribution in [0.2, 0.25) is 0 Å². The number of ether oxygens (including phenoxy) is 1. The van der Waals surface area contributed by atoms with Gasteiger partial charge in [0.15, 0.2) is 0 Å². The predicted molar refractivity (Wildman–Crippen MR) is 113 cm³/mol. The van der Waals surface area contributed by atoms with Gasteiger partial charge in [-0.15, -0.1) is 5.10 Å². The minimum atomic E-state index is 0.250. The standard InChI is InChI=1S/C22H16N4O2S/c29-22-26-25-21(28-22)16-8-11-18-19(12-16)24-20(23-18)15-6-9-17(10-7-15)27-13-14-4-2-1-3-5-14/h1-12H,13H2,(H,23,24)(H,26,29). The molecule has 2 aromatic heterocycles. The van der Waals surface area contributed by atoms with Gasteiger partial charge in [-0.3, -0.25) is 0 Å². The van der Waals surface area contributed by atoms with Crippen molar-refractivity contribution in [3.8, 4) is 28.6 Å². The molecule has 0 atom stereocenters. The molecule has 0 spiro atoms. The van der Waals surface area contributed by atoms with Gasteiger partial charge in [0.05, 0.1) is 11.0 Å². The van der Waals surface area contributed by atoms with E-state index >= 15 is 0 Å².